The van der Waals surface area contributed by atoms with E-state index in [-0.39, 0.29) is 23.7 Å². The highest BCUT2D eigenvalue weighted by atomic mass is 127. The number of carbonyl (C=O) groups excluding carboxylic acids is 1. The summed E-state index contributed by atoms with van der Waals surface area (Å²) in [6.45, 7) is 1.90. The first-order chi connectivity index (χ1) is 8.45. The summed E-state index contributed by atoms with van der Waals surface area (Å²) in [6.07, 6.45) is 0. The van der Waals surface area contributed by atoms with Crippen LogP contribution in [0.15, 0.2) is 18.2 Å². The Morgan fingerprint density at radius 3 is 2.89 bits per heavy atom. The molecule has 0 aliphatic carbocycles. The van der Waals surface area contributed by atoms with Gasteiger partial charge in [-0.2, -0.15) is 5.26 Å². The molecule has 1 amide bonds. The maximum Gasteiger partial charge on any atom is 0.270 e. The Hall–Kier alpha value is -1.69. The quantitative estimate of drug-likeness (QED) is 0.506. The molecule has 1 aromatic rings. The average Bonchev–Trinajstić information content (AvgIpc) is 2.35. The molecule has 18 heavy (non-hydrogen) atoms. The van der Waals surface area contributed by atoms with Crippen LogP contribution in [0.5, 0.6) is 0 Å². The van der Waals surface area contributed by atoms with Gasteiger partial charge in [0.1, 0.15) is 0 Å². The molecule has 6 nitrogen and oxygen atoms in total. The average molecular weight is 359 g/mol. The Labute approximate surface area is 117 Å². The molecule has 1 atom stereocenters. The number of nitro groups is 1. The molecule has 0 bridgehead atoms. The molecule has 0 heterocycles. The third-order valence-corrected chi connectivity index (χ3v) is 3.14. The zero-order valence-electron chi connectivity index (χ0n) is 9.51. The van der Waals surface area contributed by atoms with Crippen molar-refractivity contribution in [1.82, 2.24) is 5.32 Å². The first kappa shape index (κ1) is 14.4. The van der Waals surface area contributed by atoms with Gasteiger partial charge in [0.2, 0.25) is 0 Å². The monoisotopic (exact) mass is 359 g/mol. The van der Waals surface area contributed by atoms with Crippen molar-refractivity contribution in [3.8, 4) is 6.07 Å². The molecule has 0 fully saturated rings. The highest BCUT2D eigenvalue weighted by Crippen LogP contribution is 2.19. The molecule has 0 aliphatic rings. The lowest BCUT2D eigenvalue weighted by Crippen LogP contribution is -2.28. The minimum absolute atomic E-state index is 0.131. The van der Waals surface area contributed by atoms with E-state index in [0.29, 0.717) is 3.57 Å². The summed E-state index contributed by atoms with van der Waals surface area (Å²) in [5.74, 6) is -0.712. The number of hydrogen-bond acceptors (Lipinski definition) is 4. The number of carbonyl (C=O) groups is 1. The van der Waals surface area contributed by atoms with Gasteiger partial charge in [-0.05, 0) is 35.6 Å². The van der Waals surface area contributed by atoms with E-state index in [1.54, 1.807) is 6.92 Å². The number of nitrogens with zero attached hydrogens (tertiary/aromatic N) is 2. The van der Waals surface area contributed by atoms with E-state index in [1.807, 2.05) is 28.7 Å². The van der Waals surface area contributed by atoms with Gasteiger partial charge in [-0.3, -0.25) is 14.9 Å². The van der Waals surface area contributed by atoms with Gasteiger partial charge in [0.15, 0.2) is 0 Å². The van der Waals surface area contributed by atoms with Crippen molar-refractivity contribution >= 4 is 34.2 Å². The molecule has 0 saturated carbocycles. The van der Waals surface area contributed by atoms with E-state index in [0.717, 1.165) is 0 Å². The minimum Gasteiger partial charge on any atom is -0.351 e. The van der Waals surface area contributed by atoms with Gasteiger partial charge in [0.25, 0.3) is 11.6 Å². The Balaban J connectivity index is 2.88. The second-order valence-electron chi connectivity index (χ2n) is 3.66. The van der Waals surface area contributed by atoms with E-state index in [1.165, 1.54) is 18.2 Å². The SMILES string of the molecule is CC(C#N)CNC(=O)c1cc([N+](=O)[O-])ccc1I. The molecule has 0 radical (unpaired) electrons. The van der Waals surface area contributed by atoms with Crippen LogP contribution in [0.2, 0.25) is 0 Å². The Kier molecular flexibility index (Phi) is 5.03. The third-order valence-electron chi connectivity index (χ3n) is 2.19. The van der Waals surface area contributed by atoms with Crippen LogP contribution in [0, 0.1) is 30.9 Å². The molecule has 1 aromatic carbocycles. The van der Waals surface area contributed by atoms with Gasteiger partial charge in [0, 0.05) is 22.2 Å². The predicted octanol–water partition coefficient (Wildman–Crippen LogP) is 2.09. The van der Waals surface area contributed by atoms with Gasteiger partial charge >= 0.3 is 0 Å². The largest absolute Gasteiger partial charge is 0.351 e. The summed E-state index contributed by atoms with van der Waals surface area (Å²) in [4.78, 5) is 21.9. The van der Waals surface area contributed by atoms with E-state index in [9.17, 15) is 14.9 Å². The van der Waals surface area contributed by atoms with Gasteiger partial charge in [-0.1, -0.05) is 0 Å². The van der Waals surface area contributed by atoms with E-state index < -0.39 is 10.8 Å². The van der Waals surface area contributed by atoms with Crippen molar-refractivity contribution in [2.24, 2.45) is 5.92 Å². The summed E-state index contributed by atoms with van der Waals surface area (Å²) in [7, 11) is 0. The topological polar surface area (TPSA) is 96.0 Å². The second-order valence-corrected chi connectivity index (χ2v) is 4.82. The first-order valence-electron chi connectivity index (χ1n) is 5.07. The van der Waals surface area contributed by atoms with E-state index >= 15 is 0 Å². The van der Waals surface area contributed by atoms with Crippen molar-refractivity contribution in [2.45, 2.75) is 6.92 Å². The molecular formula is C11H10IN3O3. The molecule has 1 rings (SSSR count). The number of rotatable bonds is 4. The highest BCUT2D eigenvalue weighted by molar-refractivity contribution is 14.1. The fraction of sp³-hybridized carbons (Fsp3) is 0.273. The fourth-order valence-electron chi connectivity index (χ4n) is 1.19. The maximum atomic E-state index is 11.8. The highest BCUT2D eigenvalue weighted by Gasteiger charge is 2.15. The lowest BCUT2D eigenvalue weighted by molar-refractivity contribution is -0.384. The van der Waals surface area contributed by atoms with Crippen LogP contribution in [0.4, 0.5) is 5.69 Å². The second kappa shape index (κ2) is 6.30. The van der Waals surface area contributed by atoms with Crippen molar-refractivity contribution in [1.29, 1.82) is 5.26 Å². The van der Waals surface area contributed by atoms with Gasteiger partial charge in [0.05, 0.1) is 22.5 Å². The first-order valence-corrected chi connectivity index (χ1v) is 6.15. The fourth-order valence-corrected chi connectivity index (χ4v) is 1.77. The molecule has 7 heteroatoms. The number of nitriles is 1. The van der Waals surface area contributed by atoms with Crippen molar-refractivity contribution in [2.75, 3.05) is 6.54 Å². The molecule has 1 N–H and O–H groups in total. The lowest BCUT2D eigenvalue weighted by Gasteiger charge is -2.07. The molecular weight excluding hydrogens is 349 g/mol. The van der Waals surface area contributed by atoms with Gasteiger partial charge < -0.3 is 5.32 Å². The number of halogens is 1. The maximum absolute atomic E-state index is 11.8. The predicted molar refractivity (Wildman–Crippen MR) is 72.9 cm³/mol. The molecule has 0 saturated heterocycles. The van der Waals surface area contributed by atoms with Crippen LogP contribution in [-0.4, -0.2) is 17.4 Å². The summed E-state index contributed by atoms with van der Waals surface area (Å²) >= 11 is 1.93. The van der Waals surface area contributed by atoms with Crippen LogP contribution < -0.4 is 5.32 Å². The Bertz CT molecular complexity index is 525. The molecule has 0 aromatic heterocycles. The number of amides is 1. The smallest absolute Gasteiger partial charge is 0.270 e. The molecule has 1 unspecified atom stereocenters. The van der Waals surface area contributed by atoms with Crippen molar-refractivity contribution < 1.29 is 9.72 Å². The van der Waals surface area contributed by atoms with E-state index in [2.05, 4.69) is 5.32 Å². The summed E-state index contributed by atoms with van der Waals surface area (Å²) in [5.41, 5.74) is 0.115. The zero-order valence-corrected chi connectivity index (χ0v) is 11.7. The molecule has 0 aliphatic heterocycles. The van der Waals surface area contributed by atoms with Gasteiger partial charge in [-0.15, -0.1) is 0 Å². The van der Waals surface area contributed by atoms with Crippen LogP contribution in [0.3, 0.4) is 0 Å². The standard InChI is InChI=1S/C11H10IN3O3/c1-7(5-13)6-14-11(16)9-4-8(15(17)18)2-3-10(9)12/h2-4,7H,6H2,1H3,(H,14,16). The summed E-state index contributed by atoms with van der Waals surface area (Å²) < 4.78 is 0.625. The Morgan fingerprint density at radius 1 is 1.67 bits per heavy atom. The van der Waals surface area contributed by atoms with Crippen LogP contribution in [0.1, 0.15) is 17.3 Å². The number of hydrogen-bond donors (Lipinski definition) is 1. The molecule has 0 spiro atoms. The number of benzene rings is 1. The third kappa shape index (κ3) is 3.66. The van der Waals surface area contributed by atoms with Crippen molar-refractivity contribution in [3.63, 3.8) is 0 Å². The Morgan fingerprint density at radius 2 is 2.33 bits per heavy atom. The van der Waals surface area contributed by atoms with Crippen LogP contribution in [0.25, 0.3) is 0 Å². The van der Waals surface area contributed by atoms with Crippen LogP contribution >= 0.6 is 22.6 Å². The zero-order chi connectivity index (χ0) is 13.7. The molecule has 94 valence electrons. The number of non-ortho nitro benzene ring substituents is 1. The number of nitrogens with one attached hydrogen (secondary N) is 1. The van der Waals surface area contributed by atoms with Gasteiger partial charge in [-0.25, -0.2) is 0 Å². The lowest BCUT2D eigenvalue weighted by atomic mass is 10.1. The van der Waals surface area contributed by atoms with E-state index in [4.69, 9.17) is 5.26 Å². The van der Waals surface area contributed by atoms with Crippen LogP contribution in [-0.2, 0) is 0 Å². The number of nitro benzene ring substituents is 1. The van der Waals surface area contributed by atoms with Crippen molar-refractivity contribution in [3.05, 3.63) is 37.4 Å². The minimum atomic E-state index is -0.551. The normalized spacial score (nSPS) is 11.4. The summed E-state index contributed by atoms with van der Waals surface area (Å²) in [6, 6.07) is 6.08. The summed E-state index contributed by atoms with van der Waals surface area (Å²) in [5, 5.41) is 21.8.